The van der Waals surface area contributed by atoms with E-state index in [0.29, 0.717) is 11.4 Å². The largest absolute Gasteiger partial charge is 0.382 e. The van der Waals surface area contributed by atoms with Crippen molar-refractivity contribution in [3.05, 3.63) is 42.2 Å². The van der Waals surface area contributed by atoms with Crippen molar-refractivity contribution in [2.75, 3.05) is 5.73 Å². The Morgan fingerprint density at radius 2 is 1.89 bits per heavy atom. The molecule has 4 N–H and O–H groups in total. The Morgan fingerprint density at radius 1 is 1.16 bits per heavy atom. The van der Waals surface area contributed by atoms with E-state index in [-0.39, 0.29) is 0 Å². The summed E-state index contributed by atoms with van der Waals surface area (Å²) in [6.45, 7) is 0. The molecule has 0 aliphatic carbocycles. The highest BCUT2D eigenvalue weighted by atomic mass is 32.1. The van der Waals surface area contributed by atoms with Crippen LogP contribution in [0.25, 0.3) is 20.7 Å². The van der Waals surface area contributed by atoms with Crippen molar-refractivity contribution in [2.45, 2.75) is 0 Å². The van der Waals surface area contributed by atoms with Gasteiger partial charge in [-0.25, -0.2) is 9.97 Å². The quantitative estimate of drug-likeness (QED) is 0.745. The lowest BCUT2D eigenvalue weighted by Crippen LogP contribution is -2.10. The normalized spacial score (nSPS) is 10.7. The molecule has 3 aromatic rings. The minimum Gasteiger partial charge on any atom is -0.382 e. The van der Waals surface area contributed by atoms with E-state index in [1.807, 2.05) is 18.2 Å². The maximum absolute atomic E-state index is 11.0. The molecule has 0 radical (unpaired) electrons. The second-order valence-electron chi connectivity index (χ2n) is 4.03. The van der Waals surface area contributed by atoms with E-state index in [0.717, 1.165) is 20.7 Å². The number of amides is 1. The van der Waals surface area contributed by atoms with Gasteiger partial charge in [0.15, 0.2) is 0 Å². The summed E-state index contributed by atoms with van der Waals surface area (Å²) in [4.78, 5) is 20.2. The predicted molar refractivity (Wildman–Crippen MR) is 75.8 cm³/mol. The van der Waals surface area contributed by atoms with Crippen LogP contribution in [0.15, 0.2) is 36.7 Å². The first-order valence-electron chi connectivity index (χ1n) is 5.55. The van der Waals surface area contributed by atoms with Crippen LogP contribution in [0, 0.1) is 0 Å². The highest BCUT2D eigenvalue weighted by Gasteiger charge is 2.08. The van der Waals surface area contributed by atoms with Gasteiger partial charge in [-0.15, -0.1) is 11.3 Å². The number of nitrogens with two attached hydrogens (primary N) is 2. The molecule has 0 aliphatic rings. The van der Waals surface area contributed by atoms with Crippen LogP contribution in [0.2, 0.25) is 0 Å². The van der Waals surface area contributed by atoms with Gasteiger partial charge >= 0.3 is 0 Å². The Kier molecular flexibility index (Phi) is 2.64. The number of fused-ring (bicyclic) bond motifs is 1. The summed E-state index contributed by atoms with van der Waals surface area (Å²) in [5.74, 6) is 0.0491. The molecule has 2 heterocycles. The molecule has 3 rings (SSSR count). The third-order valence-electron chi connectivity index (χ3n) is 2.79. The van der Waals surface area contributed by atoms with E-state index in [1.165, 1.54) is 17.7 Å². The molecule has 1 amide bonds. The van der Waals surface area contributed by atoms with E-state index < -0.39 is 5.91 Å². The molecular formula is C13H10N4OS. The standard InChI is InChI=1S/C13H10N4OS/c14-12-11-9(16-6-17-12)5-10(19-11)7-1-3-8(4-2-7)13(15)18/h1-6H,(H2,15,18)(H2,14,16,17). The second-order valence-corrected chi connectivity index (χ2v) is 5.08. The summed E-state index contributed by atoms with van der Waals surface area (Å²) in [5, 5.41) is 0. The second kappa shape index (κ2) is 4.33. The predicted octanol–water partition coefficient (Wildman–Crippen LogP) is 2.04. The first kappa shape index (κ1) is 11.6. The van der Waals surface area contributed by atoms with Crippen molar-refractivity contribution in [3.8, 4) is 10.4 Å². The monoisotopic (exact) mass is 270 g/mol. The van der Waals surface area contributed by atoms with Crippen LogP contribution in [0.1, 0.15) is 10.4 Å². The molecular weight excluding hydrogens is 260 g/mol. The average Bonchev–Trinajstić information content (AvgIpc) is 2.84. The number of carbonyl (C=O) groups is 1. The highest BCUT2D eigenvalue weighted by molar-refractivity contribution is 7.22. The Balaban J connectivity index is 2.09. The summed E-state index contributed by atoms with van der Waals surface area (Å²) in [6.07, 6.45) is 1.45. The summed E-state index contributed by atoms with van der Waals surface area (Å²) < 4.78 is 0.872. The zero-order chi connectivity index (χ0) is 13.4. The molecule has 0 spiro atoms. The van der Waals surface area contributed by atoms with Gasteiger partial charge in [0.2, 0.25) is 5.91 Å². The number of hydrogen-bond acceptors (Lipinski definition) is 5. The van der Waals surface area contributed by atoms with E-state index in [4.69, 9.17) is 11.5 Å². The number of rotatable bonds is 2. The number of primary amides is 1. The van der Waals surface area contributed by atoms with Crippen molar-refractivity contribution >= 4 is 33.3 Å². The lowest BCUT2D eigenvalue weighted by atomic mass is 10.1. The fraction of sp³-hybridized carbons (Fsp3) is 0. The minimum absolute atomic E-state index is 0.432. The Hall–Kier alpha value is -2.47. The fourth-order valence-corrected chi connectivity index (χ4v) is 2.83. The lowest BCUT2D eigenvalue weighted by Gasteiger charge is -1.98. The number of nitrogen functional groups attached to an aromatic ring is 1. The van der Waals surface area contributed by atoms with Gasteiger partial charge in [-0.2, -0.15) is 0 Å². The Labute approximate surface area is 112 Å². The summed E-state index contributed by atoms with van der Waals surface area (Å²) in [6, 6.07) is 9.08. The molecule has 0 aliphatic heterocycles. The fourth-order valence-electron chi connectivity index (χ4n) is 1.81. The smallest absolute Gasteiger partial charge is 0.248 e. The summed E-state index contributed by atoms with van der Waals surface area (Å²) in [7, 11) is 0. The number of carbonyl (C=O) groups excluding carboxylic acids is 1. The average molecular weight is 270 g/mol. The van der Waals surface area contributed by atoms with Gasteiger partial charge in [-0.3, -0.25) is 4.79 Å². The maximum atomic E-state index is 11.0. The van der Waals surface area contributed by atoms with Crippen molar-refractivity contribution in [2.24, 2.45) is 5.73 Å². The molecule has 0 bridgehead atoms. The van der Waals surface area contributed by atoms with Crippen LogP contribution >= 0.6 is 11.3 Å². The van der Waals surface area contributed by atoms with E-state index in [1.54, 1.807) is 12.1 Å². The van der Waals surface area contributed by atoms with Gasteiger partial charge in [0.05, 0.1) is 10.2 Å². The number of benzene rings is 1. The van der Waals surface area contributed by atoms with Crippen molar-refractivity contribution in [1.82, 2.24) is 9.97 Å². The van der Waals surface area contributed by atoms with Crippen molar-refractivity contribution in [1.29, 1.82) is 0 Å². The van der Waals surface area contributed by atoms with Crippen LogP contribution in [-0.2, 0) is 0 Å². The zero-order valence-corrected chi connectivity index (χ0v) is 10.6. The molecule has 5 nitrogen and oxygen atoms in total. The molecule has 0 saturated carbocycles. The van der Waals surface area contributed by atoms with Crippen LogP contribution in [0.3, 0.4) is 0 Å². The third kappa shape index (κ3) is 2.02. The Morgan fingerprint density at radius 3 is 2.53 bits per heavy atom. The van der Waals surface area contributed by atoms with Crippen LogP contribution in [0.4, 0.5) is 5.82 Å². The molecule has 0 saturated heterocycles. The topological polar surface area (TPSA) is 94.9 Å². The first-order valence-corrected chi connectivity index (χ1v) is 6.37. The number of nitrogens with zero attached hydrogens (tertiary/aromatic N) is 2. The first-order chi connectivity index (χ1) is 9.15. The molecule has 6 heteroatoms. The van der Waals surface area contributed by atoms with Gasteiger partial charge in [-0.1, -0.05) is 12.1 Å². The van der Waals surface area contributed by atoms with Crippen molar-refractivity contribution < 1.29 is 4.79 Å². The van der Waals surface area contributed by atoms with Gasteiger partial charge < -0.3 is 11.5 Å². The SMILES string of the molecule is NC(=O)c1ccc(-c2cc3ncnc(N)c3s2)cc1. The van der Waals surface area contributed by atoms with Gasteiger partial charge in [0, 0.05) is 10.4 Å². The number of hydrogen-bond donors (Lipinski definition) is 2. The van der Waals surface area contributed by atoms with Gasteiger partial charge in [0.25, 0.3) is 0 Å². The molecule has 94 valence electrons. The highest BCUT2D eigenvalue weighted by Crippen LogP contribution is 2.34. The molecule has 19 heavy (non-hydrogen) atoms. The molecule has 0 unspecified atom stereocenters. The molecule has 1 aromatic carbocycles. The van der Waals surface area contributed by atoms with Crippen LogP contribution in [-0.4, -0.2) is 15.9 Å². The van der Waals surface area contributed by atoms with Crippen LogP contribution < -0.4 is 11.5 Å². The minimum atomic E-state index is -0.432. The number of thiophene rings is 1. The molecule has 0 fully saturated rings. The van der Waals surface area contributed by atoms with E-state index in [9.17, 15) is 4.79 Å². The van der Waals surface area contributed by atoms with Gasteiger partial charge in [0.1, 0.15) is 12.1 Å². The summed E-state index contributed by atoms with van der Waals surface area (Å²) in [5.41, 5.74) is 13.3. The lowest BCUT2D eigenvalue weighted by molar-refractivity contribution is 0.100. The number of anilines is 1. The third-order valence-corrected chi connectivity index (χ3v) is 3.99. The molecule has 2 aromatic heterocycles. The van der Waals surface area contributed by atoms with E-state index >= 15 is 0 Å². The van der Waals surface area contributed by atoms with Crippen molar-refractivity contribution in [3.63, 3.8) is 0 Å². The Bertz CT molecular complexity index is 764. The van der Waals surface area contributed by atoms with E-state index in [2.05, 4.69) is 9.97 Å². The zero-order valence-electron chi connectivity index (χ0n) is 9.83. The number of aromatic nitrogens is 2. The summed E-state index contributed by atoms with van der Waals surface area (Å²) >= 11 is 1.53. The van der Waals surface area contributed by atoms with Crippen LogP contribution in [0.5, 0.6) is 0 Å². The maximum Gasteiger partial charge on any atom is 0.248 e. The molecule has 0 atom stereocenters. The van der Waals surface area contributed by atoms with Gasteiger partial charge in [-0.05, 0) is 23.8 Å².